The van der Waals surface area contributed by atoms with Gasteiger partial charge < -0.3 is 5.73 Å². The molecule has 0 amide bonds. The van der Waals surface area contributed by atoms with Gasteiger partial charge in [-0.1, -0.05) is 29.8 Å². The van der Waals surface area contributed by atoms with Crippen LogP contribution in [0.25, 0.3) is 10.9 Å². The van der Waals surface area contributed by atoms with E-state index in [2.05, 4.69) is 5.10 Å². The second kappa shape index (κ2) is 4.89. The summed E-state index contributed by atoms with van der Waals surface area (Å²) in [7, 11) is 1.85. The molecule has 3 aromatic rings. The smallest absolute Gasteiger partial charge is 0.123 e. The Bertz CT molecular complexity index is 782. The number of hydrogen-bond acceptors (Lipinski definition) is 2. The Balaban J connectivity index is 2.18. The number of aryl methyl sites for hydroxylation is 1. The van der Waals surface area contributed by atoms with Gasteiger partial charge in [-0.15, -0.1) is 0 Å². The SMILES string of the molecule is Cn1nc(C(N)c2cc(F)ccc2Cl)c2ccccc21. The number of fused-ring (bicyclic) bond motifs is 1. The van der Waals surface area contributed by atoms with E-state index in [9.17, 15) is 4.39 Å². The molecule has 0 saturated heterocycles. The van der Waals surface area contributed by atoms with Crippen molar-refractivity contribution in [2.45, 2.75) is 6.04 Å². The summed E-state index contributed by atoms with van der Waals surface area (Å²) in [6.45, 7) is 0. The molecule has 0 aliphatic rings. The number of rotatable bonds is 2. The van der Waals surface area contributed by atoms with E-state index in [1.54, 1.807) is 4.68 Å². The van der Waals surface area contributed by atoms with Crippen molar-refractivity contribution in [3.8, 4) is 0 Å². The Morgan fingerprint density at radius 3 is 2.80 bits per heavy atom. The zero-order valence-corrected chi connectivity index (χ0v) is 11.6. The van der Waals surface area contributed by atoms with E-state index in [1.165, 1.54) is 18.2 Å². The van der Waals surface area contributed by atoms with Crippen LogP contribution in [0.1, 0.15) is 17.3 Å². The van der Waals surface area contributed by atoms with Crippen molar-refractivity contribution in [1.82, 2.24) is 9.78 Å². The molecule has 0 saturated carbocycles. The van der Waals surface area contributed by atoms with E-state index < -0.39 is 6.04 Å². The highest BCUT2D eigenvalue weighted by Crippen LogP contribution is 2.30. The van der Waals surface area contributed by atoms with Crippen LogP contribution < -0.4 is 5.73 Å². The van der Waals surface area contributed by atoms with Gasteiger partial charge in [0.2, 0.25) is 0 Å². The molecule has 0 bridgehead atoms. The van der Waals surface area contributed by atoms with Crippen molar-refractivity contribution in [3.05, 3.63) is 64.6 Å². The minimum absolute atomic E-state index is 0.361. The highest BCUT2D eigenvalue weighted by molar-refractivity contribution is 6.31. The van der Waals surface area contributed by atoms with Gasteiger partial charge in [0.25, 0.3) is 0 Å². The zero-order chi connectivity index (χ0) is 14.3. The standard InChI is InChI=1S/C15H13ClFN3/c1-20-13-5-3-2-4-10(13)15(19-20)14(18)11-8-9(17)6-7-12(11)16/h2-8,14H,18H2,1H3. The number of nitrogens with two attached hydrogens (primary N) is 1. The summed E-state index contributed by atoms with van der Waals surface area (Å²) in [5.41, 5.74) is 8.44. The number of halogens is 2. The molecule has 1 unspecified atom stereocenters. The number of benzene rings is 2. The molecule has 0 aliphatic heterocycles. The molecule has 1 atom stereocenters. The first-order chi connectivity index (χ1) is 9.58. The maximum absolute atomic E-state index is 13.4. The molecule has 3 rings (SSSR count). The lowest BCUT2D eigenvalue weighted by Gasteiger charge is -2.12. The summed E-state index contributed by atoms with van der Waals surface area (Å²) in [5.74, 6) is -0.361. The van der Waals surface area contributed by atoms with Crippen molar-refractivity contribution in [2.24, 2.45) is 12.8 Å². The monoisotopic (exact) mass is 289 g/mol. The molecule has 1 heterocycles. The number of aromatic nitrogens is 2. The van der Waals surface area contributed by atoms with Crippen LogP contribution in [-0.4, -0.2) is 9.78 Å². The van der Waals surface area contributed by atoms with Crippen LogP contribution in [-0.2, 0) is 7.05 Å². The average molecular weight is 290 g/mol. The highest BCUT2D eigenvalue weighted by Gasteiger charge is 2.19. The Labute approximate surface area is 120 Å². The van der Waals surface area contributed by atoms with E-state index in [0.717, 1.165) is 10.9 Å². The molecule has 2 aromatic carbocycles. The van der Waals surface area contributed by atoms with E-state index in [1.807, 2.05) is 31.3 Å². The second-order valence-electron chi connectivity index (χ2n) is 4.67. The Hall–Kier alpha value is -1.91. The third kappa shape index (κ3) is 2.07. The second-order valence-corrected chi connectivity index (χ2v) is 5.08. The average Bonchev–Trinajstić information content (AvgIpc) is 2.79. The summed E-state index contributed by atoms with van der Waals surface area (Å²) < 4.78 is 15.2. The molecular weight excluding hydrogens is 277 g/mol. The molecule has 3 nitrogen and oxygen atoms in total. The van der Waals surface area contributed by atoms with Crippen molar-refractivity contribution in [2.75, 3.05) is 0 Å². The molecule has 20 heavy (non-hydrogen) atoms. The van der Waals surface area contributed by atoms with Crippen LogP contribution in [0.2, 0.25) is 5.02 Å². The van der Waals surface area contributed by atoms with Gasteiger partial charge in [-0.25, -0.2) is 4.39 Å². The maximum atomic E-state index is 13.4. The lowest BCUT2D eigenvalue weighted by molar-refractivity contribution is 0.622. The molecule has 0 fully saturated rings. The van der Waals surface area contributed by atoms with Gasteiger partial charge in [0.1, 0.15) is 5.82 Å². The lowest BCUT2D eigenvalue weighted by Crippen LogP contribution is -2.14. The molecule has 0 radical (unpaired) electrons. The summed E-state index contributed by atoms with van der Waals surface area (Å²) in [4.78, 5) is 0. The predicted octanol–water partition coefficient (Wildman–Crippen LogP) is 3.41. The molecule has 0 spiro atoms. The lowest BCUT2D eigenvalue weighted by atomic mass is 10.0. The van der Waals surface area contributed by atoms with Gasteiger partial charge in [0.05, 0.1) is 17.3 Å². The summed E-state index contributed by atoms with van der Waals surface area (Å²) >= 11 is 6.12. The molecular formula is C15H13ClFN3. The van der Waals surface area contributed by atoms with Crippen LogP contribution in [0.5, 0.6) is 0 Å². The van der Waals surface area contributed by atoms with E-state index >= 15 is 0 Å². The fourth-order valence-electron chi connectivity index (χ4n) is 2.37. The van der Waals surface area contributed by atoms with Gasteiger partial charge in [0.15, 0.2) is 0 Å². The topological polar surface area (TPSA) is 43.8 Å². The molecule has 5 heteroatoms. The van der Waals surface area contributed by atoms with Gasteiger partial charge in [0, 0.05) is 17.5 Å². The van der Waals surface area contributed by atoms with Crippen molar-refractivity contribution in [3.63, 3.8) is 0 Å². The van der Waals surface area contributed by atoms with Gasteiger partial charge in [-0.05, 0) is 29.8 Å². The third-order valence-electron chi connectivity index (χ3n) is 3.37. The number of para-hydroxylation sites is 1. The van der Waals surface area contributed by atoms with Gasteiger partial charge in [-0.2, -0.15) is 5.10 Å². The summed E-state index contributed by atoms with van der Waals surface area (Å²) in [6.07, 6.45) is 0. The molecule has 2 N–H and O–H groups in total. The van der Waals surface area contributed by atoms with E-state index in [0.29, 0.717) is 16.3 Å². The molecule has 0 aliphatic carbocycles. The zero-order valence-electron chi connectivity index (χ0n) is 10.8. The Morgan fingerprint density at radius 2 is 2.00 bits per heavy atom. The maximum Gasteiger partial charge on any atom is 0.123 e. The van der Waals surface area contributed by atoms with Crippen LogP contribution in [0.15, 0.2) is 42.5 Å². The van der Waals surface area contributed by atoms with E-state index in [-0.39, 0.29) is 5.82 Å². The van der Waals surface area contributed by atoms with Gasteiger partial charge in [-0.3, -0.25) is 4.68 Å². The van der Waals surface area contributed by atoms with E-state index in [4.69, 9.17) is 17.3 Å². The normalized spacial score (nSPS) is 12.8. The minimum atomic E-state index is -0.565. The third-order valence-corrected chi connectivity index (χ3v) is 3.72. The Morgan fingerprint density at radius 1 is 1.25 bits per heavy atom. The first-order valence-electron chi connectivity index (χ1n) is 6.20. The number of hydrogen-bond donors (Lipinski definition) is 1. The first kappa shape index (κ1) is 13.1. The van der Waals surface area contributed by atoms with Crippen LogP contribution in [0.4, 0.5) is 4.39 Å². The Kier molecular flexibility index (Phi) is 3.20. The fourth-order valence-corrected chi connectivity index (χ4v) is 2.61. The highest BCUT2D eigenvalue weighted by atomic mass is 35.5. The summed E-state index contributed by atoms with van der Waals surface area (Å²) in [6, 6.07) is 11.4. The molecule has 102 valence electrons. The predicted molar refractivity (Wildman–Crippen MR) is 78.2 cm³/mol. The van der Waals surface area contributed by atoms with Crippen molar-refractivity contribution >= 4 is 22.5 Å². The van der Waals surface area contributed by atoms with Crippen LogP contribution >= 0.6 is 11.6 Å². The first-order valence-corrected chi connectivity index (χ1v) is 6.58. The van der Waals surface area contributed by atoms with Crippen LogP contribution in [0.3, 0.4) is 0 Å². The van der Waals surface area contributed by atoms with Crippen LogP contribution in [0, 0.1) is 5.82 Å². The fraction of sp³-hybridized carbons (Fsp3) is 0.133. The summed E-state index contributed by atoms with van der Waals surface area (Å²) in [5, 5.41) is 5.83. The number of nitrogens with zero attached hydrogens (tertiary/aromatic N) is 2. The van der Waals surface area contributed by atoms with Crippen molar-refractivity contribution in [1.29, 1.82) is 0 Å². The largest absolute Gasteiger partial charge is 0.319 e. The quantitative estimate of drug-likeness (QED) is 0.785. The van der Waals surface area contributed by atoms with Gasteiger partial charge >= 0.3 is 0 Å². The van der Waals surface area contributed by atoms with Crippen molar-refractivity contribution < 1.29 is 4.39 Å². The molecule has 1 aromatic heterocycles. The minimum Gasteiger partial charge on any atom is -0.319 e.